The Kier molecular flexibility index (Phi) is 4.78. The molecule has 10 heteroatoms. The van der Waals surface area contributed by atoms with E-state index in [1.165, 1.54) is 4.57 Å². The average Bonchev–Trinajstić information content (AvgIpc) is 3.35. The number of amides is 1. The first-order valence-corrected chi connectivity index (χ1v) is 9.25. The molecule has 0 aromatic carbocycles. The van der Waals surface area contributed by atoms with Gasteiger partial charge in [0.2, 0.25) is 5.91 Å². The van der Waals surface area contributed by atoms with Gasteiger partial charge in [0.25, 0.3) is 6.43 Å². The summed E-state index contributed by atoms with van der Waals surface area (Å²) in [5.41, 5.74) is 2.33. The molecule has 1 saturated heterocycles. The zero-order chi connectivity index (χ0) is 19.8. The van der Waals surface area contributed by atoms with Crippen LogP contribution in [0.3, 0.4) is 0 Å². The minimum Gasteiger partial charge on any atom is -0.327 e. The number of nitrogens with zero attached hydrogens (tertiary/aromatic N) is 7. The summed E-state index contributed by atoms with van der Waals surface area (Å²) in [6.45, 7) is 3.88. The number of carbonyl (C=O) groups is 1. The maximum absolute atomic E-state index is 13.0. The third-order valence-electron chi connectivity index (χ3n) is 4.86. The van der Waals surface area contributed by atoms with Crippen LogP contribution in [0.5, 0.6) is 0 Å². The molecule has 0 aliphatic carbocycles. The fourth-order valence-electron chi connectivity index (χ4n) is 3.43. The lowest BCUT2D eigenvalue weighted by molar-refractivity contribution is -0.117. The van der Waals surface area contributed by atoms with Gasteiger partial charge in [0.05, 0.1) is 17.9 Å². The third kappa shape index (κ3) is 3.46. The standard InChI is InChI=1S/C18H21F2N7O/c1-11-8-21-12(2)18-22-14(24-27(11)18)5-6-15-23-16(10-25(15)9-13(19)20)26-7-3-4-17(26)28/h8,10,13H,3-7,9H2,1-2H3. The zero-order valence-corrected chi connectivity index (χ0v) is 15.8. The van der Waals surface area contributed by atoms with Crippen LogP contribution in [0.15, 0.2) is 12.4 Å². The number of hydrogen-bond donors (Lipinski definition) is 0. The number of anilines is 1. The van der Waals surface area contributed by atoms with Crippen LogP contribution in [-0.4, -0.2) is 48.0 Å². The molecule has 3 aromatic heterocycles. The number of halogens is 2. The van der Waals surface area contributed by atoms with E-state index in [4.69, 9.17) is 0 Å². The molecule has 0 N–H and O–H groups in total. The van der Waals surface area contributed by atoms with Crippen LogP contribution in [0.2, 0.25) is 0 Å². The number of rotatable bonds is 6. The van der Waals surface area contributed by atoms with Crippen molar-refractivity contribution in [3.63, 3.8) is 0 Å². The number of hydrogen-bond acceptors (Lipinski definition) is 5. The molecule has 4 rings (SSSR count). The van der Waals surface area contributed by atoms with E-state index in [9.17, 15) is 13.6 Å². The monoisotopic (exact) mass is 389 g/mol. The molecule has 0 saturated carbocycles. The van der Waals surface area contributed by atoms with Gasteiger partial charge in [0.1, 0.15) is 5.82 Å². The minimum atomic E-state index is -2.50. The van der Waals surface area contributed by atoms with Gasteiger partial charge in [-0.15, -0.1) is 0 Å². The van der Waals surface area contributed by atoms with Crippen molar-refractivity contribution in [1.29, 1.82) is 0 Å². The van der Waals surface area contributed by atoms with Gasteiger partial charge in [-0.1, -0.05) is 0 Å². The van der Waals surface area contributed by atoms with Gasteiger partial charge < -0.3 is 4.57 Å². The van der Waals surface area contributed by atoms with Gasteiger partial charge in [0.15, 0.2) is 17.3 Å². The summed E-state index contributed by atoms with van der Waals surface area (Å²) in [5.74, 6) is 1.52. The summed E-state index contributed by atoms with van der Waals surface area (Å²) < 4.78 is 29.1. The molecule has 1 aliphatic rings. The lowest BCUT2D eigenvalue weighted by atomic mass is 10.3. The maximum atomic E-state index is 13.0. The van der Waals surface area contributed by atoms with Crippen LogP contribution in [0.4, 0.5) is 14.6 Å². The van der Waals surface area contributed by atoms with E-state index >= 15 is 0 Å². The van der Waals surface area contributed by atoms with E-state index in [0.717, 1.165) is 17.8 Å². The number of carbonyl (C=O) groups excluding carboxylic acids is 1. The fourth-order valence-corrected chi connectivity index (χ4v) is 3.43. The highest BCUT2D eigenvalue weighted by molar-refractivity contribution is 5.94. The summed E-state index contributed by atoms with van der Waals surface area (Å²) in [6, 6.07) is 0. The Balaban J connectivity index is 1.58. The molecule has 0 radical (unpaired) electrons. The molecule has 0 bridgehead atoms. The fraction of sp³-hybridized carbons (Fsp3) is 0.500. The summed E-state index contributed by atoms with van der Waals surface area (Å²) in [7, 11) is 0. The van der Waals surface area contributed by atoms with E-state index in [-0.39, 0.29) is 5.91 Å². The normalized spacial score (nSPS) is 14.8. The smallest absolute Gasteiger partial charge is 0.256 e. The number of fused-ring (bicyclic) bond motifs is 1. The topological polar surface area (TPSA) is 81.2 Å². The number of aryl methyl sites for hydroxylation is 4. The maximum Gasteiger partial charge on any atom is 0.256 e. The van der Waals surface area contributed by atoms with E-state index < -0.39 is 13.0 Å². The Labute approximate surface area is 160 Å². The van der Waals surface area contributed by atoms with Crippen LogP contribution in [0, 0.1) is 13.8 Å². The molecule has 0 atom stereocenters. The predicted octanol–water partition coefficient (Wildman–Crippen LogP) is 2.11. The highest BCUT2D eigenvalue weighted by Gasteiger charge is 2.25. The van der Waals surface area contributed by atoms with Gasteiger partial charge in [-0.2, -0.15) is 5.10 Å². The lowest BCUT2D eigenvalue weighted by Crippen LogP contribution is -2.24. The van der Waals surface area contributed by atoms with Crippen molar-refractivity contribution in [2.24, 2.45) is 0 Å². The SMILES string of the molecule is Cc1ncc(C)n2nc(CCc3nc(N4CCCC4=O)cn3CC(F)F)nc12. The largest absolute Gasteiger partial charge is 0.327 e. The van der Waals surface area contributed by atoms with Crippen molar-refractivity contribution in [2.75, 3.05) is 11.4 Å². The second-order valence-electron chi connectivity index (χ2n) is 6.96. The van der Waals surface area contributed by atoms with E-state index in [1.807, 2.05) is 13.8 Å². The molecule has 3 aromatic rings. The first-order valence-electron chi connectivity index (χ1n) is 9.25. The number of aromatic nitrogens is 6. The summed E-state index contributed by atoms with van der Waals surface area (Å²) in [6.07, 6.45) is 2.85. The van der Waals surface area contributed by atoms with Crippen molar-refractivity contribution in [1.82, 2.24) is 29.1 Å². The first-order chi connectivity index (χ1) is 13.4. The summed E-state index contributed by atoms with van der Waals surface area (Å²) in [5, 5.41) is 4.49. The van der Waals surface area contributed by atoms with E-state index in [2.05, 4.69) is 20.1 Å². The van der Waals surface area contributed by atoms with Gasteiger partial charge in [-0.3, -0.25) is 14.7 Å². The van der Waals surface area contributed by atoms with Gasteiger partial charge >= 0.3 is 0 Å². The molecule has 4 heterocycles. The Hall–Kier alpha value is -2.91. The van der Waals surface area contributed by atoms with Gasteiger partial charge in [-0.05, 0) is 20.3 Å². The molecular weight excluding hydrogens is 368 g/mol. The van der Waals surface area contributed by atoms with Crippen molar-refractivity contribution >= 4 is 17.4 Å². The van der Waals surface area contributed by atoms with Gasteiger partial charge in [0, 0.05) is 38.2 Å². The van der Waals surface area contributed by atoms with Crippen LogP contribution < -0.4 is 4.90 Å². The summed E-state index contributed by atoms with van der Waals surface area (Å²) >= 11 is 0. The molecule has 8 nitrogen and oxygen atoms in total. The lowest BCUT2D eigenvalue weighted by Gasteiger charge is -2.10. The van der Waals surface area contributed by atoms with Gasteiger partial charge in [-0.25, -0.2) is 23.3 Å². The van der Waals surface area contributed by atoms with Crippen LogP contribution in [-0.2, 0) is 24.2 Å². The van der Waals surface area contributed by atoms with Crippen LogP contribution >= 0.6 is 0 Å². The second-order valence-corrected chi connectivity index (χ2v) is 6.96. The van der Waals surface area contributed by atoms with E-state index in [0.29, 0.717) is 48.9 Å². The molecule has 1 amide bonds. The third-order valence-corrected chi connectivity index (χ3v) is 4.86. The number of imidazole rings is 1. The van der Waals surface area contributed by atoms with Crippen LogP contribution in [0.1, 0.15) is 35.9 Å². The second kappa shape index (κ2) is 7.25. The van der Waals surface area contributed by atoms with Crippen molar-refractivity contribution in [3.8, 4) is 0 Å². The quantitative estimate of drug-likeness (QED) is 0.645. The molecule has 0 spiro atoms. The van der Waals surface area contributed by atoms with Crippen molar-refractivity contribution in [2.45, 2.75) is 52.5 Å². The predicted molar refractivity (Wildman–Crippen MR) is 97.5 cm³/mol. The van der Waals surface area contributed by atoms with Crippen LogP contribution in [0.25, 0.3) is 5.65 Å². The average molecular weight is 389 g/mol. The van der Waals surface area contributed by atoms with Crippen molar-refractivity contribution < 1.29 is 13.6 Å². The molecule has 148 valence electrons. The Morgan fingerprint density at radius 2 is 2.04 bits per heavy atom. The molecule has 1 fully saturated rings. The minimum absolute atomic E-state index is 0.0197. The number of alkyl halides is 2. The molecule has 1 aliphatic heterocycles. The zero-order valence-electron chi connectivity index (χ0n) is 15.8. The highest BCUT2D eigenvalue weighted by Crippen LogP contribution is 2.22. The molecule has 28 heavy (non-hydrogen) atoms. The molecule has 0 unspecified atom stereocenters. The Morgan fingerprint density at radius 3 is 2.71 bits per heavy atom. The first kappa shape index (κ1) is 18.5. The van der Waals surface area contributed by atoms with Crippen molar-refractivity contribution in [3.05, 3.63) is 35.4 Å². The van der Waals surface area contributed by atoms with E-state index in [1.54, 1.807) is 21.8 Å². The Bertz CT molecular complexity index is 988. The molecular formula is C18H21F2N7O. The summed E-state index contributed by atoms with van der Waals surface area (Å²) in [4.78, 5) is 26.8. The Morgan fingerprint density at radius 1 is 1.21 bits per heavy atom. The highest BCUT2D eigenvalue weighted by atomic mass is 19.3.